The van der Waals surface area contributed by atoms with Crippen molar-refractivity contribution in [3.8, 4) is 5.75 Å². The average molecular weight is 366 g/mol. The van der Waals surface area contributed by atoms with Crippen molar-refractivity contribution in [2.24, 2.45) is 0 Å². The van der Waals surface area contributed by atoms with Gasteiger partial charge in [-0.25, -0.2) is 4.79 Å². The van der Waals surface area contributed by atoms with Crippen LogP contribution in [0.5, 0.6) is 5.75 Å². The van der Waals surface area contributed by atoms with Crippen LogP contribution in [0.3, 0.4) is 0 Å². The van der Waals surface area contributed by atoms with Crippen molar-refractivity contribution in [1.82, 2.24) is 5.32 Å². The van der Waals surface area contributed by atoms with Gasteiger partial charge in [-0.2, -0.15) is 13.2 Å². The SMILES string of the molecule is CCc1ccc(OCc2cc(C(F)(F)F)ccc2NC(=O)NC)c(C)c1. The van der Waals surface area contributed by atoms with Crippen molar-refractivity contribution >= 4 is 11.7 Å². The number of carbonyl (C=O) groups excluding carboxylic acids is 1. The molecular weight excluding hydrogens is 345 g/mol. The van der Waals surface area contributed by atoms with E-state index < -0.39 is 17.8 Å². The molecule has 0 aliphatic rings. The molecule has 0 atom stereocenters. The Kier molecular flexibility index (Phi) is 6.13. The molecule has 2 aromatic carbocycles. The van der Waals surface area contributed by atoms with Gasteiger partial charge >= 0.3 is 12.2 Å². The molecular formula is C19H21F3N2O2. The van der Waals surface area contributed by atoms with Gasteiger partial charge in [0, 0.05) is 18.3 Å². The minimum absolute atomic E-state index is 0.102. The molecule has 0 aliphatic carbocycles. The predicted octanol–water partition coefficient (Wildman–Crippen LogP) is 4.91. The Hall–Kier alpha value is -2.70. The highest BCUT2D eigenvalue weighted by Crippen LogP contribution is 2.32. The van der Waals surface area contributed by atoms with E-state index in [1.165, 1.54) is 13.1 Å². The van der Waals surface area contributed by atoms with Crippen LogP contribution in [0.2, 0.25) is 0 Å². The standard InChI is InChI=1S/C19H21F3N2O2/c1-4-13-5-8-17(12(2)9-13)26-11-14-10-15(19(20,21)22)6-7-16(14)24-18(25)23-3/h5-10H,4,11H2,1-3H3,(H2,23,24,25). The largest absolute Gasteiger partial charge is 0.489 e. The Morgan fingerprint density at radius 1 is 1.15 bits per heavy atom. The van der Waals surface area contributed by atoms with Crippen LogP contribution in [0.15, 0.2) is 36.4 Å². The topological polar surface area (TPSA) is 50.4 Å². The van der Waals surface area contributed by atoms with Crippen molar-refractivity contribution in [1.29, 1.82) is 0 Å². The second-order valence-corrected chi connectivity index (χ2v) is 5.82. The molecule has 0 heterocycles. The van der Waals surface area contributed by atoms with E-state index in [-0.39, 0.29) is 17.9 Å². The Morgan fingerprint density at radius 3 is 2.46 bits per heavy atom. The lowest BCUT2D eigenvalue weighted by Gasteiger charge is -2.16. The second-order valence-electron chi connectivity index (χ2n) is 5.82. The minimum atomic E-state index is -4.47. The third kappa shape index (κ3) is 4.91. The monoisotopic (exact) mass is 366 g/mol. The van der Waals surface area contributed by atoms with E-state index in [2.05, 4.69) is 10.6 Å². The summed E-state index contributed by atoms with van der Waals surface area (Å²) in [6, 6.07) is 8.31. The van der Waals surface area contributed by atoms with Crippen LogP contribution < -0.4 is 15.4 Å². The first kappa shape index (κ1) is 19.6. The van der Waals surface area contributed by atoms with Gasteiger partial charge in [-0.3, -0.25) is 0 Å². The summed E-state index contributed by atoms with van der Waals surface area (Å²) in [6.45, 7) is 3.81. The maximum absolute atomic E-state index is 13.0. The Balaban J connectivity index is 2.28. The molecule has 0 saturated carbocycles. The molecule has 0 radical (unpaired) electrons. The summed E-state index contributed by atoms with van der Waals surface area (Å²) in [6.07, 6.45) is -3.59. The highest BCUT2D eigenvalue weighted by Gasteiger charge is 2.31. The first-order chi connectivity index (χ1) is 12.2. The van der Waals surface area contributed by atoms with Crippen molar-refractivity contribution in [3.05, 3.63) is 58.7 Å². The van der Waals surface area contributed by atoms with Crippen molar-refractivity contribution in [3.63, 3.8) is 0 Å². The molecule has 0 fully saturated rings. The van der Waals surface area contributed by atoms with E-state index in [1.807, 2.05) is 26.0 Å². The fraction of sp³-hybridized carbons (Fsp3) is 0.316. The lowest BCUT2D eigenvalue weighted by Crippen LogP contribution is -2.25. The van der Waals surface area contributed by atoms with Gasteiger partial charge in [0.25, 0.3) is 0 Å². The summed E-state index contributed by atoms with van der Waals surface area (Å²) >= 11 is 0. The zero-order valence-corrected chi connectivity index (χ0v) is 14.8. The van der Waals surface area contributed by atoms with E-state index in [0.717, 1.165) is 29.7 Å². The van der Waals surface area contributed by atoms with E-state index in [9.17, 15) is 18.0 Å². The van der Waals surface area contributed by atoms with Crippen LogP contribution in [0, 0.1) is 6.92 Å². The normalized spacial score (nSPS) is 11.2. The molecule has 0 spiro atoms. The number of ether oxygens (including phenoxy) is 1. The van der Waals surface area contributed by atoms with Crippen LogP contribution in [-0.4, -0.2) is 13.1 Å². The number of halogens is 3. The molecule has 140 valence electrons. The summed E-state index contributed by atoms with van der Waals surface area (Å²) in [7, 11) is 1.42. The third-order valence-electron chi connectivity index (χ3n) is 3.94. The third-order valence-corrected chi connectivity index (χ3v) is 3.94. The van der Waals surface area contributed by atoms with Gasteiger partial charge in [0.1, 0.15) is 12.4 Å². The molecule has 2 rings (SSSR count). The zero-order valence-electron chi connectivity index (χ0n) is 14.8. The predicted molar refractivity (Wildman–Crippen MR) is 94.4 cm³/mol. The highest BCUT2D eigenvalue weighted by molar-refractivity contribution is 5.89. The molecule has 2 amide bonds. The molecule has 2 aromatic rings. The lowest BCUT2D eigenvalue weighted by atomic mass is 10.1. The number of hydrogen-bond donors (Lipinski definition) is 2. The molecule has 4 nitrogen and oxygen atoms in total. The number of benzene rings is 2. The molecule has 0 aromatic heterocycles. The molecule has 26 heavy (non-hydrogen) atoms. The summed E-state index contributed by atoms with van der Waals surface area (Å²) < 4.78 is 44.7. The van der Waals surface area contributed by atoms with Gasteiger partial charge in [-0.05, 0) is 48.7 Å². The first-order valence-electron chi connectivity index (χ1n) is 8.15. The fourth-order valence-electron chi connectivity index (χ4n) is 2.45. The van der Waals surface area contributed by atoms with Crippen molar-refractivity contribution < 1.29 is 22.7 Å². The molecule has 0 aliphatic heterocycles. The lowest BCUT2D eigenvalue weighted by molar-refractivity contribution is -0.137. The summed E-state index contributed by atoms with van der Waals surface area (Å²) in [5, 5.41) is 4.88. The second kappa shape index (κ2) is 8.12. The Labute approximate surface area is 150 Å². The number of anilines is 1. The van der Waals surface area contributed by atoms with Gasteiger partial charge in [-0.1, -0.05) is 19.1 Å². The fourth-order valence-corrected chi connectivity index (χ4v) is 2.45. The average Bonchev–Trinajstić information content (AvgIpc) is 2.60. The number of rotatable bonds is 5. The number of carbonyl (C=O) groups is 1. The van der Waals surface area contributed by atoms with Gasteiger partial charge in [-0.15, -0.1) is 0 Å². The molecule has 2 N–H and O–H groups in total. The van der Waals surface area contributed by atoms with Gasteiger partial charge < -0.3 is 15.4 Å². The summed E-state index contributed by atoms with van der Waals surface area (Å²) in [5.41, 5.74) is 1.76. The zero-order chi connectivity index (χ0) is 19.3. The summed E-state index contributed by atoms with van der Waals surface area (Å²) in [4.78, 5) is 11.5. The maximum Gasteiger partial charge on any atom is 0.416 e. The van der Waals surface area contributed by atoms with E-state index in [0.29, 0.717) is 5.75 Å². The minimum Gasteiger partial charge on any atom is -0.489 e. The van der Waals surface area contributed by atoms with Crippen LogP contribution in [0.1, 0.15) is 29.2 Å². The van der Waals surface area contributed by atoms with Gasteiger partial charge in [0.15, 0.2) is 0 Å². The number of hydrogen-bond acceptors (Lipinski definition) is 2. The van der Waals surface area contributed by atoms with Crippen LogP contribution in [0.4, 0.5) is 23.7 Å². The summed E-state index contributed by atoms with van der Waals surface area (Å²) in [5.74, 6) is 0.588. The van der Waals surface area contributed by atoms with E-state index in [1.54, 1.807) is 6.07 Å². The molecule has 0 saturated heterocycles. The van der Waals surface area contributed by atoms with Crippen LogP contribution in [-0.2, 0) is 19.2 Å². The smallest absolute Gasteiger partial charge is 0.416 e. The Morgan fingerprint density at radius 2 is 1.88 bits per heavy atom. The van der Waals surface area contributed by atoms with E-state index >= 15 is 0 Å². The number of alkyl halides is 3. The number of urea groups is 1. The Bertz CT molecular complexity index is 789. The highest BCUT2D eigenvalue weighted by atomic mass is 19.4. The van der Waals surface area contributed by atoms with Gasteiger partial charge in [0.05, 0.1) is 5.56 Å². The van der Waals surface area contributed by atoms with Gasteiger partial charge in [0.2, 0.25) is 0 Å². The first-order valence-corrected chi connectivity index (χ1v) is 8.15. The van der Waals surface area contributed by atoms with Crippen LogP contribution >= 0.6 is 0 Å². The maximum atomic E-state index is 13.0. The molecule has 0 unspecified atom stereocenters. The molecule has 0 bridgehead atoms. The number of aryl methyl sites for hydroxylation is 2. The quantitative estimate of drug-likeness (QED) is 0.790. The van der Waals surface area contributed by atoms with Crippen molar-refractivity contribution in [2.75, 3.05) is 12.4 Å². The van der Waals surface area contributed by atoms with Crippen molar-refractivity contribution in [2.45, 2.75) is 33.1 Å². The number of amides is 2. The van der Waals surface area contributed by atoms with Crippen LogP contribution in [0.25, 0.3) is 0 Å². The van der Waals surface area contributed by atoms with E-state index in [4.69, 9.17) is 4.74 Å². The molecule has 7 heteroatoms. The number of nitrogens with one attached hydrogen (secondary N) is 2.